The summed E-state index contributed by atoms with van der Waals surface area (Å²) < 4.78 is 0. The first kappa shape index (κ1) is 7.25. The van der Waals surface area contributed by atoms with Crippen molar-refractivity contribution in [2.45, 2.75) is 0 Å². The molecule has 0 fully saturated rings. The molecule has 0 rings (SSSR count). The molecule has 0 unspecified atom stereocenters. The third kappa shape index (κ3) is 4.10. The monoisotopic (exact) mass is 131 g/mol. The van der Waals surface area contributed by atoms with Crippen molar-refractivity contribution in [2.24, 2.45) is 0 Å². The van der Waals surface area contributed by atoms with E-state index >= 15 is 0 Å². The van der Waals surface area contributed by atoms with Crippen LogP contribution >= 0.6 is 0 Å². The molecule has 0 aliphatic rings. The van der Waals surface area contributed by atoms with Crippen molar-refractivity contribution in [3.05, 3.63) is 15.6 Å². The predicted octanol–water partition coefficient (Wildman–Crippen LogP) is -0.978. The lowest BCUT2D eigenvalue weighted by atomic mass is 10.8. The molecule has 9 heavy (non-hydrogen) atoms. The Morgan fingerprint density at radius 2 is 2.44 bits per heavy atom. The van der Waals surface area contributed by atoms with Crippen LogP contribution < -0.4 is 0 Å². The standard InChI is InChI=1S/C2HN3O4/c3-4-1-2(6)9-5(7)8/h1H. The summed E-state index contributed by atoms with van der Waals surface area (Å²) in [5, 5.41) is 8.00. The summed E-state index contributed by atoms with van der Waals surface area (Å²) in [4.78, 5) is 24.6. The normalized spacial score (nSPS) is 7.11. The van der Waals surface area contributed by atoms with E-state index in [4.69, 9.17) is 5.53 Å². The van der Waals surface area contributed by atoms with Crippen LogP contribution in [0.5, 0.6) is 0 Å². The first-order chi connectivity index (χ1) is 4.16. The maximum Gasteiger partial charge on any atom is 0.407 e. The molecule has 0 aromatic rings. The predicted molar refractivity (Wildman–Crippen MR) is 22.8 cm³/mol. The van der Waals surface area contributed by atoms with Crippen LogP contribution in [-0.2, 0) is 9.63 Å². The number of carbonyl (C=O) groups is 1. The van der Waals surface area contributed by atoms with Gasteiger partial charge < -0.3 is 5.53 Å². The second-order valence-corrected chi connectivity index (χ2v) is 0.878. The lowest BCUT2D eigenvalue weighted by Crippen LogP contribution is -2.11. The molecule has 0 spiro atoms. The van der Waals surface area contributed by atoms with Gasteiger partial charge in [-0.15, -0.1) is 10.1 Å². The maximum absolute atomic E-state index is 9.88. The quantitative estimate of drug-likeness (QED) is 0.158. The fourth-order valence-corrected chi connectivity index (χ4v) is 0.144. The molecule has 0 heterocycles. The number of carbonyl (C=O) groups excluding carboxylic acids is 1. The molecule has 0 saturated heterocycles. The van der Waals surface area contributed by atoms with Crippen LogP contribution in [0.4, 0.5) is 0 Å². The lowest BCUT2D eigenvalue weighted by molar-refractivity contribution is -0.728. The van der Waals surface area contributed by atoms with E-state index in [1.807, 2.05) is 0 Å². The van der Waals surface area contributed by atoms with Gasteiger partial charge in [0, 0.05) is 0 Å². The van der Waals surface area contributed by atoms with E-state index in [1.54, 1.807) is 0 Å². The van der Waals surface area contributed by atoms with E-state index < -0.39 is 11.1 Å². The second kappa shape index (κ2) is 3.28. The molecule has 0 aromatic heterocycles. The first-order valence-electron chi connectivity index (χ1n) is 1.70. The zero-order valence-corrected chi connectivity index (χ0v) is 4.05. The minimum Gasteiger partial charge on any atom is -0.361 e. The summed E-state index contributed by atoms with van der Waals surface area (Å²) in [7, 11) is 0. The average molecular weight is 131 g/mol. The van der Waals surface area contributed by atoms with Crippen molar-refractivity contribution < 1.29 is 19.5 Å². The van der Waals surface area contributed by atoms with Gasteiger partial charge in [-0.3, -0.25) is 4.79 Å². The fourth-order valence-electron chi connectivity index (χ4n) is 0.144. The summed E-state index contributed by atoms with van der Waals surface area (Å²) in [5.74, 6) is -1.33. The van der Waals surface area contributed by atoms with Crippen molar-refractivity contribution in [3.8, 4) is 0 Å². The van der Waals surface area contributed by atoms with Crippen LogP contribution in [-0.4, -0.2) is 22.1 Å². The van der Waals surface area contributed by atoms with Gasteiger partial charge in [-0.1, -0.05) is 0 Å². The van der Waals surface area contributed by atoms with Crippen LogP contribution in [0.3, 0.4) is 0 Å². The summed E-state index contributed by atoms with van der Waals surface area (Å²) >= 11 is 0. The van der Waals surface area contributed by atoms with Gasteiger partial charge in [-0.25, -0.2) is 4.84 Å². The van der Waals surface area contributed by atoms with Crippen LogP contribution in [0.1, 0.15) is 0 Å². The molecule has 0 aliphatic heterocycles. The molecule has 48 valence electrons. The maximum atomic E-state index is 9.88. The minimum absolute atomic E-state index is 0.267. The number of nitrogens with zero attached hydrogens (tertiary/aromatic N) is 3. The fraction of sp³-hybridized carbons (Fsp3) is 0. The highest BCUT2D eigenvalue weighted by atomic mass is 17.0. The topological polar surface area (TPSA) is 106 Å². The SMILES string of the molecule is [N-]=[N+]=CC(=O)O[N+](=O)[O-]. The first-order valence-corrected chi connectivity index (χ1v) is 1.70. The Bertz CT molecular complexity index is 180. The Morgan fingerprint density at radius 1 is 1.89 bits per heavy atom. The molecule has 0 aromatic carbocycles. The Balaban J connectivity index is 3.78. The smallest absolute Gasteiger partial charge is 0.361 e. The molecule has 0 amide bonds. The zero-order valence-electron chi connectivity index (χ0n) is 4.05. The Hall–Kier alpha value is -1.75. The van der Waals surface area contributed by atoms with Crippen molar-refractivity contribution in [3.63, 3.8) is 0 Å². The van der Waals surface area contributed by atoms with Crippen LogP contribution in [0.2, 0.25) is 0 Å². The van der Waals surface area contributed by atoms with Gasteiger partial charge in [0.25, 0.3) is 0 Å². The van der Waals surface area contributed by atoms with E-state index in [0.717, 1.165) is 0 Å². The minimum atomic E-state index is -1.33. The molecule has 7 heteroatoms. The molecule has 0 radical (unpaired) electrons. The van der Waals surface area contributed by atoms with E-state index in [9.17, 15) is 14.9 Å². The molecule has 0 saturated carbocycles. The van der Waals surface area contributed by atoms with E-state index in [-0.39, 0.29) is 6.21 Å². The molecule has 0 aliphatic carbocycles. The van der Waals surface area contributed by atoms with E-state index in [2.05, 4.69) is 9.63 Å². The molecular formula is C2HN3O4. The van der Waals surface area contributed by atoms with Crippen LogP contribution in [0.15, 0.2) is 0 Å². The summed E-state index contributed by atoms with van der Waals surface area (Å²) in [5.41, 5.74) is 7.60. The van der Waals surface area contributed by atoms with Crippen molar-refractivity contribution in [2.75, 3.05) is 0 Å². The summed E-state index contributed by atoms with van der Waals surface area (Å²) in [6.07, 6.45) is 0.267. The van der Waals surface area contributed by atoms with Gasteiger partial charge in [0.1, 0.15) is 0 Å². The highest BCUT2D eigenvalue weighted by Crippen LogP contribution is 1.71. The summed E-state index contributed by atoms with van der Waals surface area (Å²) in [6, 6.07) is 0. The van der Waals surface area contributed by atoms with Crippen molar-refractivity contribution in [1.82, 2.24) is 0 Å². The van der Waals surface area contributed by atoms with Gasteiger partial charge in [-0.05, 0) is 0 Å². The third-order valence-corrected chi connectivity index (χ3v) is 0.328. The summed E-state index contributed by atoms with van der Waals surface area (Å²) in [6.45, 7) is 0. The van der Waals surface area contributed by atoms with Gasteiger partial charge in [-0.2, -0.15) is 4.79 Å². The Morgan fingerprint density at radius 3 is 2.78 bits per heavy atom. The molecule has 7 nitrogen and oxygen atoms in total. The van der Waals surface area contributed by atoms with Crippen LogP contribution in [0, 0.1) is 10.1 Å². The molecule has 0 N–H and O–H groups in total. The largest absolute Gasteiger partial charge is 0.407 e. The highest BCUT2D eigenvalue weighted by molar-refractivity contribution is 6.20. The third-order valence-electron chi connectivity index (χ3n) is 0.328. The van der Waals surface area contributed by atoms with Gasteiger partial charge in [0.05, 0.1) is 0 Å². The molecule has 0 atom stereocenters. The molecular weight excluding hydrogens is 130 g/mol. The number of hydrogen-bond donors (Lipinski definition) is 0. The van der Waals surface area contributed by atoms with Gasteiger partial charge in [0.15, 0.2) is 0 Å². The van der Waals surface area contributed by atoms with Crippen LogP contribution in [0.25, 0.3) is 5.53 Å². The van der Waals surface area contributed by atoms with Gasteiger partial charge in [0.2, 0.25) is 0 Å². The highest BCUT2D eigenvalue weighted by Gasteiger charge is 2.06. The Kier molecular flexibility index (Phi) is 2.64. The van der Waals surface area contributed by atoms with E-state index in [0.29, 0.717) is 0 Å². The second-order valence-electron chi connectivity index (χ2n) is 0.878. The average Bonchev–Trinajstić information content (AvgIpc) is 1.63. The van der Waals surface area contributed by atoms with Crippen molar-refractivity contribution in [1.29, 1.82) is 0 Å². The zero-order chi connectivity index (χ0) is 7.28. The number of hydrogen-bond acceptors (Lipinski definition) is 4. The van der Waals surface area contributed by atoms with Gasteiger partial charge >= 0.3 is 17.3 Å². The Labute approximate surface area is 48.6 Å². The van der Waals surface area contributed by atoms with E-state index in [1.165, 1.54) is 0 Å². The van der Waals surface area contributed by atoms with Crippen molar-refractivity contribution >= 4 is 12.2 Å². The molecule has 0 bridgehead atoms. The lowest BCUT2D eigenvalue weighted by Gasteiger charge is -1.80. The number of rotatable bonds is 2.